The van der Waals surface area contributed by atoms with Crippen LogP contribution < -0.4 is 11.5 Å². The smallest absolute Gasteiger partial charge is 0.253 e. The van der Waals surface area contributed by atoms with Crippen LogP contribution in [-0.4, -0.2) is 23.6 Å². The summed E-state index contributed by atoms with van der Waals surface area (Å²) in [5.41, 5.74) is 9.82. The molecular formula is C10H26N2O2S2Zn. The molecule has 0 aromatic carbocycles. The van der Waals surface area contributed by atoms with Crippen molar-refractivity contribution in [2.45, 2.75) is 41.5 Å². The first-order valence-electron chi connectivity index (χ1n) is 5.39. The molecule has 0 saturated carbocycles. The molecule has 0 fully saturated rings. The summed E-state index contributed by atoms with van der Waals surface area (Å²) >= 11 is 8.70. The van der Waals surface area contributed by atoms with Crippen molar-refractivity contribution < 1.29 is 29.0 Å². The monoisotopic (exact) mass is 334 g/mol. The summed E-state index contributed by atoms with van der Waals surface area (Å²) in [7, 11) is 0. The molecule has 17 heavy (non-hydrogen) atoms. The molecule has 0 unspecified atom stereocenters. The van der Waals surface area contributed by atoms with Crippen molar-refractivity contribution in [3.63, 3.8) is 0 Å². The van der Waals surface area contributed by atoms with Crippen LogP contribution in [0.15, 0.2) is 0 Å². The molecule has 0 amide bonds. The van der Waals surface area contributed by atoms with Crippen molar-refractivity contribution in [1.29, 1.82) is 0 Å². The zero-order valence-corrected chi connectivity index (χ0v) is 16.5. The Bertz CT molecular complexity index is 134. The van der Waals surface area contributed by atoms with Crippen LogP contribution in [0.2, 0.25) is 0 Å². The van der Waals surface area contributed by atoms with Crippen LogP contribution in [0.3, 0.4) is 0 Å². The topological polar surface area (TPSA) is 70.5 Å². The minimum absolute atomic E-state index is 0. The largest absolute Gasteiger partial charge is 0.472 e. The number of ether oxygens (including phenoxy) is 2. The molecule has 4 nitrogen and oxygen atoms in total. The van der Waals surface area contributed by atoms with Gasteiger partial charge < -0.3 is 20.9 Å². The number of thiocarbonyl (C=S) groups is 2. The van der Waals surface area contributed by atoms with Gasteiger partial charge in [0, 0.05) is 19.5 Å². The number of hydrogen-bond acceptors (Lipinski definition) is 4. The Morgan fingerprint density at radius 3 is 1.00 bits per heavy atom. The van der Waals surface area contributed by atoms with Crippen LogP contribution in [0.25, 0.3) is 0 Å². The predicted octanol–water partition coefficient (Wildman–Crippen LogP) is 2.58. The summed E-state index contributed by atoms with van der Waals surface area (Å²) in [6, 6.07) is 0. The van der Waals surface area contributed by atoms with Crippen LogP contribution in [0.5, 0.6) is 0 Å². The quantitative estimate of drug-likeness (QED) is 0.597. The van der Waals surface area contributed by atoms with E-state index in [1.165, 1.54) is 0 Å². The van der Waals surface area contributed by atoms with E-state index in [2.05, 4.69) is 33.9 Å². The average Bonchev–Trinajstić information content (AvgIpc) is 2.24. The van der Waals surface area contributed by atoms with E-state index in [1.807, 2.05) is 41.5 Å². The predicted molar refractivity (Wildman–Crippen MR) is 79.5 cm³/mol. The van der Waals surface area contributed by atoms with E-state index >= 15 is 0 Å². The normalized spacial score (nSPS) is 6.00. The third kappa shape index (κ3) is 87.1. The molecule has 7 heteroatoms. The van der Waals surface area contributed by atoms with Gasteiger partial charge in [0.2, 0.25) is 0 Å². The van der Waals surface area contributed by atoms with E-state index in [0.717, 1.165) is 0 Å². The second-order valence-corrected chi connectivity index (χ2v) is 2.31. The van der Waals surface area contributed by atoms with Crippen LogP contribution >= 0.6 is 24.4 Å². The fourth-order valence-electron chi connectivity index (χ4n) is 0.285. The van der Waals surface area contributed by atoms with Crippen molar-refractivity contribution in [2.24, 2.45) is 11.5 Å². The summed E-state index contributed by atoms with van der Waals surface area (Å²) in [6.07, 6.45) is 0. The summed E-state index contributed by atoms with van der Waals surface area (Å²) < 4.78 is 9.10. The maximum atomic E-state index is 4.91. The van der Waals surface area contributed by atoms with Gasteiger partial charge in [0.15, 0.2) is 0 Å². The van der Waals surface area contributed by atoms with Crippen molar-refractivity contribution in [1.82, 2.24) is 0 Å². The van der Waals surface area contributed by atoms with Crippen molar-refractivity contribution >= 4 is 34.8 Å². The first-order valence-corrected chi connectivity index (χ1v) is 6.20. The van der Waals surface area contributed by atoms with Crippen LogP contribution in [0.4, 0.5) is 0 Å². The molecule has 0 heterocycles. The third-order valence-corrected chi connectivity index (χ3v) is 0.809. The van der Waals surface area contributed by atoms with Gasteiger partial charge in [0.05, 0.1) is 13.2 Å². The van der Waals surface area contributed by atoms with E-state index in [-0.39, 0.29) is 29.8 Å². The first-order chi connectivity index (χ1) is 7.54. The number of hydrogen-bond donors (Lipinski definition) is 2. The summed E-state index contributed by atoms with van der Waals surface area (Å²) in [5.74, 6) is 0. The Kier molecular flexibility index (Phi) is 64.0. The SMILES string of the molecule is CC.CC.CCOC(N)=S.CCOC(N)=S.[Zn]. The van der Waals surface area contributed by atoms with E-state index in [1.54, 1.807) is 0 Å². The molecule has 0 spiro atoms. The molecule has 0 aliphatic rings. The standard InChI is InChI=1S/2C3H7NOS.2C2H6.Zn/c2*1-2-5-3(4)6;2*1-2;/h2*2H2,1H3,(H2,4,6);2*1-2H3;. The molecule has 0 rings (SSSR count). The van der Waals surface area contributed by atoms with E-state index in [4.69, 9.17) is 11.5 Å². The molecule has 0 saturated heterocycles. The van der Waals surface area contributed by atoms with Gasteiger partial charge in [-0.05, 0) is 38.3 Å². The van der Waals surface area contributed by atoms with Gasteiger partial charge >= 0.3 is 0 Å². The Hall–Kier alpha value is 0.00338. The number of nitrogens with two attached hydrogens (primary N) is 2. The summed E-state index contributed by atoms with van der Waals surface area (Å²) in [6.45, 7) is 12.8. The molecule has 0 aliphatic carbocycles. The van der Waals surface area contributed by atoms with Gasteiger partial charge in [0.25, 0.3) is 10.3 Å². The van der Waals surface area contributed by atoms with Crippen LogP contribution in [0.1, 0.15) is 41.5 Å². The van der Waals surface area contributed by atoms with E-state index in [0.29, 0.717) is 13.2 Å². The fourth-order valence-corrected chi connectivity index (χ4v) is 0.520. The summed E-state index contributed by atoms with van der Waals surface area (Å²) in [5, 5.41) is 0.245. The van der Waals surface area contributed by atoms with E-state index < -0.39 is 0 Å². The van der Waals surface area contributed by atoms with Gasteiger partial charge in [-0.15, -0.1) is 0 Å². The average molecular weight is 336 g/mol. The van der Waals surface area contributed by atoms with Crippen molar-refractivity contribution in [2.75, 3.05) is 13.2 Å². The van der Waals surface area contributed by atoms with Gasteiger partial charge in [-0.2, -0.15) is 0 Å². The second kappa shape index (κ2) is 36.0. The van der Waals surface area contributed by atoms with Crippen molar-refractivity contribution in [3.05, 3.63) is 0 Å². The minimum Gasteiger partial charge on any atom is -0.472 e. The Balaban J connectivity index is -0.0000000417. The molecule has 0 aromatic heterocycles. The van der Waals surface area contributed by atoms with Gasteiger partial charge in [-0.25, -0.2) is 0 Å². The Morgan fingerprint density at radius 2 is 1.00 bits per heavy atom. The fraction of sp³-hybridized carbons (Fsp3) is 0.800. The van der Waals surface area contributed by atoms with Crippen LogP contribution in [0, 0.1) is 0 Å². The molecular weight excluding hydrogens is 310 g/mol. The van der Waals surface area contributed by atoms with Gasteiger partial charge in [0.1, 0.15) is 0 Å². The second-order valence-electron chi connectivity index (χ2n) is 1.50. The molecule has 0 aromatic rings. The molecule has 4 N–H and O–H groups in total. The van der Waals surface area contributed by atoms with Crippen LogP contribution in [-0.2, 0) is 29.0 Å². The van der Waals surface area contributed by atoms with Crippen molar-refractivity contribution in [3.8, 4) is 0 Å². The molecule has 0 atom stereocenters. The Labute approximate surface area is 130 Å². The maximum Gasteiger partial charge on any atom is 0.253 e. The van der Waals surface area contributed by atoms with Gasteiger partial charge in [-0.3, -0.25) is 0 Å². The molecule has 0 bridgehead atoms. The molecule has 102 valence electrons. The first kappa shape index (κ1) is 30.2. The molecule has 0 aliphatic heterocycles. The summed E-state index contributed by atoms with van der Waals surface area (Å²) in [4.78, 5) is 0. The third-order valence-electron chi connectivity index (χ3n) is 0.573. The minimum atomic E-state index is 0. The molecule has 0 radical (unpaired) electrons. The van der Waals surface area contributed by atoms with Gasteiger partial charge in [-0.1, -0.05) is 27.7 Å². The number of rotatable bonds is 2. The zero-order chi connectivity index (χ0) is 14.0. The maximum absolute atomic E-state index is 4.91. The zero-order valence-electron chi connectivity index (χ0n) is 11.9. The Morgan fingerprint density at radius 1 is 0.824 bits per heavy atom. The van der Waals surface area contributed by atoms with E-state index in [9.17, 15) is 0 Å².